The first-order chi connectivity index (χ1) is 14.1. The first kappa shape index (κ1) is 21.7. The van der Waals surface area contributed by atoms with Crippen LogP contribution in [-0.4, -0.2) is 25.4 Å². The van der Waals surface area contributed by atoms with E-state index in [-0.39, 0.29) is 0 Å². The Labute approximate surface area is 188 Å². The van der Waals surface area contributed by atoms with Gasteiger partial charge in [0.1, 0.15) is 10.2 Å². The Morgan fingerprint density at radius 1 is 1.17 bits per heavy atom. The second-order valence-electron chi connectivity index (χ2n) is 6.12. The van der Waals surface area contributed by atoms with Gasteiger partial charge >= 0.3 is 0 Å². The van der Waals surface area contributed by atoms with Gasteiger partial charge < -0.3 is 9.47 Å². The summed E-state index contributed by atoms with van der Waals surface area (Å²) >= 11 is 11.6. The lowest BCUT2D eigenvalue weighted by atomic mass is 10.2. The van der Waals surface area contributed by atoms with Crippen molar-refractivity contribution < 1.29 is 9.47 Å². The van der Waals surface area contributed by atoms with Gasteiger partial charge in [0, 0.05) is 41.6 Å². The molecule has 0 N–H and O–H groups in total. The molecule has 0 amide bonds. The summed E-state index contributed by atoms with van der Waals surface area (Å²) in [7, 11) is 3.30. The summed E-state index contributed by atoms with van der Waals surface area (Å²) in [5.41, 5.74) is 3.11. The van der Waals surface area contributed by atoms with E-state index < -0.39 is 0 Å². The smallest absolute Gasteiger partial charge is 0.231 e. The highest BCUT2D eigenvalue weighted by atomic mass is 79.9. The van der Waals surface area contributed by atoms with Crippen molar-refractivity contribution in [3.05, 3.63) is 80.9 Å². The van der Waals surface area contributed by atoms with Crippen LogP contribution in [0.2, 0.25) is 5.02 Å². The van der Waals surface area contributed by atoms with Crippen molar-refractivity contribution in [2.24, 2.45) is 4.99 Å². The van der Waals surface area contributed by atoms with E-state index in [0.717, 1.165) is 22.6 Å². The SMILES string of the molecule is CN=Cc1cc(Cl)cc(Oc2c(CSCc3ccccc3)cnc(OC)c2Br)c1. The van der Waals surface area contributed by atoms with E-state index in [4.69, 9.17) is 21.1 Å². The lowest BCUT2D eigenvalue weighted by Gasteiger charge is -2.15. The Morgan fingerprint density at radius 3 is 2.69 bits per heavy atom. The second-order valence-corrected chi connectivity index (χ2v) is 8.34. The number of rotatable bonds is 8. The maximum atomic E-state index is 6.25. The van der Waals surface area contributed by atoms with E-state index in [1.807, 2.05) is 30.3 Å². The molecular weight excluding hydrogens is 472 g/mol. The van der Waals surface area contributed by atoms with Crippen molar-refractivity contribution in [2.75, 3.05) is 14.2 Å². The van der Waals surface area contributed by atoms with Crippen LogP contribution in [0.25, 0.3) is 0 Å². The molecule has 29 heavy (non-hydrogen) atoms. The first-order valence-electron chi connectivity index (χ1n) is 8.84. The summed E-state index contributed by atoms with van der Waals surface area (Å²) in [6, 6.07) is 15.9. The normalized spacial score (nSPS) is 11.0. The number of hydrogen-bond donors (Lipinski definition) is 0. The predicted octanol–water partition coefficient (Wildman–Crippen LogP) is 6.78. The number of benzene rings is 2. The highest BCUT2D eigenvalue weighted by Crippen LogP contribution is 2.40. The lowest BCUT2D eigenvalue weighted by Crippen LogP contribution is -1.98. The van der Waals surface area contributed by atoms with E-state index in [1.54, 1.807) is 44.4 Å². The maximum absolute atomic E-state index is 6.25. The molecule has 0 aliphatic heterocycles. The number of pyridine rings is 1. The van der Waals surface area contributed by atoms with Gasteiger partial charge in [-0.2, -0.15) is 11.8 Å². The fourth-order valence-electron chi connectivity index (χ4n) is 2.68. The molecule has 0 saturated carbocycles. The fourth-order valence-corrected chi connectivity index (χ4v) is 4.47. The van der Waals surface area contributed by atoms with Crippen molar-refractivity contribution in [3.63, 3.8) is 0 Å². The molecule has 1 aromatic heterocycles. The minimum Gasteiger partial charge on any atom is -0.480 e. The Kier molecular flexibility index (Phi) is 7.98. The van der Waals surface area contributed by atoms with E-state index in [9.17, 15) is 0 Å². The molecule has 3 aromatic rings. The topological polar surface area (TPSA) is 43.7 Å². The molecule has 1 heterocycles. The number of thioether (sulfide) groups is 1. The maximum Gasteiger partial charge on any atom is 0.231 e. The monoisotopic (exact) mass is 490 g/mol. The van der Waals surface area contributed by atoms with Crippen molar-refractivity contribution >= 4 is 45.5 Å². The molecular formula is C22H20BrClN2O2S. The van der Waals surface area contributed by atoms with Gasteiger partial charge in [-0.25, -0.2) is 4.98 Å². The van der Waals surface area contributed by atoms with Crippen LogP contribution in [0.15, 0.2) is 64.2 Å². The molecule has 150 valence electrons. The molecule has 0 unspecified atom stereocenters. The van der Waals surface area contributed by atoms with Gasteiger partial charge in [0.25, 0.3) is 0 Å². The van der Waals surface area contributed by atoms with Crippen LogP contribution in [0.3, 0.4) is 0 Å². The number of aromatic nitrogens is 1. The molecule has 3 rings (SSSR count). The Bertz CT molecular complexity index is 1000. The minimum absolute atomic E-state index is 0.467. The van der Waals surface area contributed by atoms with Gasteiger partial charge in [-0.05, 0) is 45.3 Å². The van der Waals surface area contributed by atoms with Crippen LogP contribution < -0.4 is 9.47 Å². The molecule has 0 fully saturated rings. The Morgan fingerprint density at radius 2 is 1.97 bits per heavy atom. The zero-order valence-electron chi connectivity index (χ0n) is 16.1. The van der Waals surface area contributed by atoms with Crippen molar-refractivity contribution in [1.82, 2.24) is 4.98 Å². The van der Waals surface area contributed by atoms with Crippen LogP contribution in [0.5, 0.6) is 17.4 Å². The predicted molar refractivity (Wildman–Crippen MR) is 125 cm³/mol. The average molecular weight is 492 g/mol. The zero-order chi connectivity index (χ0) is 20.6. The van der Waals surface area contributed by atoms with Crippen LogP contribution in [0.1, 0.15) is 16.7 Å². The Hall–Kier alpha value is -2.02. The average Bonchev–Trinajstić information content (AvgIpc) is 2.71. The quantitative estimate of drug-likeness (QED) is 0.326. The number of nitrogens with zero attached hydrogens (tertiary/aromatic N) is 2. The van der Waals surface area contributed by atoms with Gasteiger partial charge in [-0.1, -0.05) is 41.9 Å². The highest BCUT2D eigenvalue weighted by Gasteiger charge is 2.16. The van der Waals surface area contributed by atoms with Gasteiger partial charge in [0.2, 0.25) is 5.88 Å². The molecule has 4 nitrogen and oxygen atoms in total. The van der Waals surface area contributed by atoms with E-state index in [1.165, 1.54) is 5.56 Å². The summed E-state index contributed by atoms with van der Waals surface area (Å²) in [6.45, 7) is 0. The molecule has 0 atom stereocenters. The largest absolute Gasteiger partial charge is 0.480 e. The first-order valence-corrected chi connectivity index (χ1v) is 11.2. The number of methoxy groups -OCH3 is 1. The molecule has 0 radical (unpaired) electrons. The van der Waals surface area contributed by atoms with Gasteiger partial charge in [0.15, 0.2) is 5.75 Å². The third-order valence-corrected chi connectivity index (χ3v) is 5.94. The van der Waals surface area contributed by atoms with Crippen LogP contribution >= 0.6 is 39.3 Å². The van der Waals surface area contributed by atoms with Gasteiger partial charge in [-0.3, -0.25) is 4.99 Å². The molecule has 0 spiro atoms. The van der Waals surface area contributed by atoms with E-state index in [0.29, 0.717) is 26.9 Å². The fraction of sp³-hybridized carbons (Fsp3) is 0.182. The third kappa shape index (κ3) is 5.98. The standard InChI is InChI=1S/C22H20BrClN2O2S/c1-25-11-16-8-18(24)10-19(9-16)28-21-17(12-26-22(27-2)20(21)23)14-29-13-15-6-4-3-5-7-15/h3-12H,13-14H2,1-2H3. The summed E-state index contributed by atoms with van der Waals surface area (Å²) in [4.78, 5) is 8.42. The second kappa shape index (κ2) is 10.7. The van der Waals surface area contributed by atoms with Crippen molar-refractivity contribution in [1.29, 1.82) is 0 Å². The molecule has 0 aliphatic carbocycles. The van der Waals surface area contributed by atoms with E-state index >= 15 is 0 Å². The summed E-state index contributed by atoms with van der Waals surface area (Å²) in [6.07, 6.45) is 3.52. The lowest BCUT2D eigenvalue weighted by molar-refractivity contribution is 0.387. The van der Waals surface area contributed by atoms with Crippen molar-refractivity contribution in [2.45, 2.75) is 11.5 Å². The zero-order valence-corrected chi connectivity index (χ0v) is 19.2. The van der Waals surface area contributed by atoms with Crippen LogP contribution in [-0.2, 0) is 11.5 Å². The van der Waals surface area contributed by atoms with E-state index in [2.05, 4.69) is 38.0 Å². The number of hydrogen-bond acceptors (Lipinski definition) is 5. The van der Waals surface area contributed by atoms with Crippen molar-refractivity contribution in [3.8, 4) is 17.4 Å². The van der Waals surface area contributed by atoms with Gasteiger partial charge in [-0.15, -0.1) is 0 Å². The molecule has 2 aromatic carbocycles. The molecule has 0 aliphatic rings. The summed E-state index contributed by atoms with van der Waals surface area (Å²) < 4.78 is 12.2. The van der Waals surface area contributed by atoms with Crippen LogP contribution in [0, 0.1) is 0 Å². The van der Waals surface area contributed by atoms with Crippen LogP contribution in [0.4, 0.5) is 0 Å². The van der Waals surface area contributed by atoms with Gasteiger partial charge in [0.05, 0.1) is 7.11 Å². The molecule has 7 heteroatoms. The minimum atomic E-state index is 0.467. The number of aliphatic imine (C=N–C) groups is 1. The molecule has 0 saturated heterocycles. The molecule has 0 bridgehead atoms. The third-order valence-electron chi connectivity index (χ3n) is 3.97. The highest BCUT2D eigenvalue weighted by molar-refractivity contribution is 9.10. The number of ether oxygens (including phenoxy) is 2. The number of halogens is 2. The Balaban J connectivity index is 1.86. The summed E-state index contributed by atoms with van der Waals surface area (Å²) in [5.74, 6) is 3.39. The summed E-state index contributed by atoms with van der Waals surface area (Å²) in [5, 5.41) is 0.578.